The Hall–Kier alpha value is -0.940. The SMILES string of the molecule is O=C(NC1C2CNCC21)c1cc(F)ccc1Br. The number of carbonyl (C=O) groups excluding carboxylic acids is 1. The third kappa shape index (κ3) is 1.98. The fraction of sp³-hybridized carbons (Fsp3) is 0.417. The summed E-state index contributed by atoms with van der Waals surface area (Å²) in [6.07, 6.45) is 0. The lowest BCUT2D eigenvalue weighted by atomic mass is 10.2. The minimum absolute atomic E-state index is 0.198. The third-order valence-corrected chi connectivity index (χ3v) is 4.25. The fourth-order valence-corrected chi connectivity index (χ4v) is 2.96. The predicted molar refractivity (Wildman–Crippen MR) is 65.2 cm³/mol. The number of rotatable bonds is 2. The number of halogens is 2. The Morgan fingerprint density at radius 1 is 1.41 bits per heavy atom. The first kappa shape index (κ1) is 11.2. The van der Waals surface area contributed by atoms with Crippen LogP contribution in [0.15, 0.2) is 22.7 Å². The normalized spacial score (nSPS) is 29.9. The summed E-state index contributed by atoms with van der Waals surface area (Å²) >= 11 is 3.26. The minimum Gasteiger partial charge on any atom is -0.349 e. The highest BCUT2D eigenvalue weighted by atomic mass is 79.9. The van der Waals surface area contributed by atoms with Gasteiger partial charge in [-0.3, -0.25) is 4.79 Å². The van der Waals surface area contributed by atoms with Gasteiger partial charge in [-0.15, -0.1) is 0 Å². The molecule has 2 N–H and O–H groups in total. The van der Waals surface area contributed by atoms with E-state index in [1.165, 1.54) is 12.1 Å². The number of benzene rings is 1. The molecule has 0 aromatic heterocycles. The lowest BCUT2D eigenvalue weighted by molar-refractivity contribution is 0.0945. The summed E-state index contributed by atoms with van der Waals surface area (Å²) in [5.74, 6) is 0.532. The predicted octanol–water partition coefficient (Wildman–Crippen LogP) is 1.54. The smallest absolute Gasteiger partial charge is 0.252 e. The Bertz CT molecular complexity index is 470. The standard InChI is InChI=1S/C12H12BrFN2O/c13-10-2-1-6(14)3-7(10)12(17)16-11-8-4-15-5-9(8)11/h1-3,8-9,11,15H,4-5H2,(H,16,17). The van der Waals surface area contributed by atoms with Gasteiger partial charge in [0.05, 0.1) is 5.56 Å². The summed E-state index contributed by atoms with van der Waals surface area (Å²) in [4.78, 5) is 12.0. The van der Waals surface area contributed by atoms with Gasteiger partial charge < -0.3 is 10.6 Å². The molecule has 0 spiro atoms. The number of amides is 1. The topological polar surface area (TPSA) is 41.1 Å². The molecule has 1 aromatic rings. The summed E-state index contributed by atoms with van der Waals surface area (Å²) < 4.78 is 13.7. The Labute approximate surface area is 107 Å². The number of piperidine rings is 1. The van der Waals surface area contributed by atoms with Crippen molar-refractivity contribution in [2.24, 2.45) is 11.8 Å². The van der Waals surface area contributed by atoms with E-state index in [2.05, 4.69) is 26.6 Å². The quantitative estimate of drug-likeness (QED) is 0.869. The summed E-state index contributed by atoms with van der Waals surface area (Å²) in [5, 5.41) is 6.23. The molecule has 2 aliphatic rings. The van der Waals surface area contributed by atoms with Gasteiger partial charge in [0, 0.05) is 23.6 Å². The number of carbonyl (C=O) groups is 1. The first-order valence-corrected chi connectivity index (χ1v) is 6.43. The van der Waals surface area contributed by atoms with Crippen LogP contribution in [0.3, 0.4) is 0 Å². The van der Waals surface area contributed by atoms with Crippen LogP contribution < -0.4 is 10.6 Å². The van der Waals surface area contributed by atoms with Gasteiger partial charge in [0.15, 0.2) is 0 Å². The van der Waals surface area contributed by atoms with Crippen LogP contribution in [0.2, 0.25) is 0 Å². The van der Waals surface area contributed by atoms with Gasteiger partial charge in [-0.1, -0.05) is 0 Å². The number of fused-ring (bicyclic) bond motifs is 1. The molecule has 2 atom stereocenters. The zero-order valence-electron chi connectivity index (χ0n) is 9.04. The van der Waals surface area contributed by atoms with Crippen LogP contribution in [-0.4, -0.2) is 25.0 Å². The van der Waals surface area contributed by atoms with Crippen LogP contribution in [0.4, 0.5) is 4.39 Å². The van der Waals surface area contributed by atoms with Crippen molar-refractivity contribution in [1.29, 1.82) is 0 Å². The van der Waals surface area contributed by atoms with Gasteiger partial charge in [-0.25, -0.2) is 4.39 Å². The van der Waals surface area contributed by atoms with E-state index in [0.717, 1.165) is 13.1 Å². The summed E-state index contributed by atoms with van der Waals surface area (Å²) in [7, 11) is 0. The Morgan fingerprint density at radius 3 is 2.82 bits per heavy atom. The average molecular weight is 299 g/mol. The van der Waals surface area contributed by atoms with Crippen LogP contribution in [0, 0.1) is 17.7 Å². The molecule has 3 nitrogen and oxygen atoms in total. The Balaban J connectivity index is 1.72. The molecule has 0 radical (unpaired) electrons. The summed E-state index contributed by atoms with van der Waals surface area (Å²) in [6, 6.07) is 4.41. The number of hydrogen-bond acceptors (Lipinski definition) is 2. The van der Waals surface area contributed by atoms with Crippen LogP contribution >= 0.6 is 15.9 Å². The van der Waals surface area contributed by atoms with E-state index in [4.69, 9.17) is 0 Å². The van der Waals surface area contributed by atoms with Crippen LogP contribution in [0.5, 0.6) is 0 Å². The van der Waals surface area contributed by atoms with Crippen molar-refractivity contribution in [2.45, 2.75) is 6.04 Å². The highest BCUT2D eigenvalue weighted by molar-refractivity contribution is 9.10. The fourth-order valence-electron chi connectivity index (χ4n) is 2.53. The molecule has 90 valence electrons. The molecule has 1 saturated carbocycles. The van der Waals surface area contributed by atoms with E-state index in [1.54, 1.807) is 6.07 Å². The second-order valence-electron chi connectivity index (χ2n) is 4.61. The molecule has 5 heteroatoms. The number of nitrogens with one attached hydrogen (secondary N) is 2. The highest BCUT2D eigenvalue weighted by Crippen LogP contribution is 2.41. The van der Waals surface area contributed by atoms with Crippen molar-refractivity contribution < 1.29 is 9.18 Å². The van der Waals surface area contributed by atoms with Crippen molar-refractivity contribution >= 4 is 21.8 Å². The monoisotopic (exact) mass is 298 g/mol. The molecule has 2 fully saturated rings. The third-order valence-electron chi connectivity index (χ3n) is 3.56. The van der Waals surface area contributed by atoms with Gasteiger partial charge in [-0.2, -0.15) is 0 Å². The summed E-state index contributed by atoms with van der Waals surface area (Å²) in [5.41, 5.74) is 0.364. The maximum atomic E-state index is 13.1. The molecule has 2 unspecified atom stereocenters. The molecule has 1 aliphatic heterocycles. The molecule has 17 heavy (non-hydrogen) atoms. The molecular weight excluding hydrogens is 287 g/mol. The van der Waals surface area contributed by atoms with Crippen molar-refractivity contribution in [3.63, 3.8) is 0 Å². The molecule has 1 amide bonds. The van der Waals surface area contributed by atoms with Crippen molar-refractivity contribution in [1.82, 2.24) is 10.6 Å². The van der Waals surface area contributed by atoms with E-state index in [1.807, 2.05) is 0 Å². The maximum absolute atomic E-state index is 13.1. The van der Waals surface area contributed by atoms with E-state index in [9.17, 15) is 9.18 Å². The zero-order chi connectivity index (χ0) is 12.0. The average Bonchev–Trinajstić information content (AvgIpc) is 2.76. The molecule has 1 aromatic carbocycles. The molecule has 1 aliphatic carbocycles. The zero-order valence-corrected chi connectivity index (χ0v) is 10.6. The molecule has 3 rings (SSSR count). The van der Waals surface area contributed by atoms with E-state index in [-0.39, 0.29) is 11.9 Å². The second kappa shape index (κ2) is 4.07. The van der Waals surface area contributed by atoms with E-state index < -0.39 is 5.82 Å². The van der Waals surface area contributed by atoms with Crippen LogP contribution in [0.25, 0.3) is 0 Å². The van der Waals surface area contributed by atoms with Gasteiger partial charge in [0.2, 0.25) is 0 Å². The first-order valence-electron chi connectivity index (χ1n) is 5.63. The van der Waals surface area contributed by atoms with E-state index >= 15 is 0 Å². The van der Waals surface area contributed by atoms with Crippen molar-refractivity contribution in [3.8, 4) is 0 Å². The molecule has 0 bridgehead atoms. The van der Waals surface area contributed by atoms with Crippen LogP contribution in [0.1, 0.15) is 10.4 Å². The van der Waals surface area contributed by atoms with Crippen LogP contribution in [-0.2, 0) is 0 Å². The van der Waals surface area contributed by atoms with Crippen molar-refractivity contribution in [2.75, 3.05) is 13.1 Å². The van der Waals surface area contributed by atoms with Gasteiger partial charge in [0.25, 0.3) is 5.91 Å². The molecular formula is C12H12BrFN2O. The highest BCUT2D eigenvalue weighted by Gasteiger charge is 2.53. The first-order chi connectivity index (χ1) is 8.16. The largest absolute Gasteiger partial charge is 0.349 e. The number of hydrogen-bond donors (Lipinski definition) is 2. The Morgan fingerprint density at radius 2 is 2.12 bits per heavy atom. The van der Waals surface area contributed by atoms with Gasteiger partial charge in [0.1, 0.15) is 5.82 Å². The maximum Gasteiger partial charge on any atom is 0.252 e. The minimum atomic E-state index is -0.393. The van der Waals surface area contributed by atoms with Gasteiger partial charge in [-0.05, 0) is 46.0 Å². The van der Waals surface area contributed by atoms with E-state index in [0.29, 0.717) is 21.9 Å². The summed E-state index contributed by atoms with van der Waals surface area (Å²) in [6.45, 7) is 1.94. The lowest BCUT2D eigenvalue weighted by Gasteiger charge is -2.09. The van der Waals surface area contributed by atoms with Gasteiger partial charge >= 0.3 is 0 Å². The second-order valence-corrected chi connectivity index (χ2v) is 5.46. The Kier molecular flexibility index (Phi) is 2.67. The molecule has 1 heterocycles. The lowest BCUT2D eigenvalue weighted by Crippen LogP contribution is -2.32. The van der Waals surface area contributed by atoms with Crippen molar-refractivity contribution in [3.05, 3.63) is 34.1 Å². The molecule has 1 saturated heterocycles.